The van der Waals surface area contributed by atoms with Crippen molar-refractivity contribution in [2.45, 2.75) is 5.75 Å². The van der Waals surface area contributed by atoms with Crippen molar-refractivity contribution in [2.24, 2.45) is 5.73 Å². The van der Waals surface area contributed by atoms with Crippen LogP contribution in [0.15, 0.2) is 29.6 Å². The molecule has 2 rings (SSSR count). The Morgan fingerprint density at radius 2 is 2.14 bits per heavy atom. The lowest BCUT2D eigenvalue weighted by molar-refractivity contribution is -0.115. The number of thiazole rings is 1. The maximum absolute atomic E-state index is 13.5. The molecular weight excluding hydrogens is 313 g/mol. The molecule has 0 fully saturated rings. The van der Waals surface area contributed by atoms with Gasteiger partial charge in [-0.15, -0.1) is 23.1 Å². The number of thioether (sulfide) groups is 1. The Hall–Kier alpha value is -1.93. The summed E-state index contributed by atoms with van der Waals surface area (Å²) in [7, 11) is 0. The summed E-state index contributed by atoms with van der Waals surface area (Å²) in [6.45, 7) is 0. The van der Waals surface area contributed by atoms with E-state index in [0.29, 0.717) is 10.9 Å². The van der Waals surface area contributed by atoms with Crippen molar-refractivity contribution in [1.29, 1.82) is 0 Å². The van der Waals surface area contributed by atoms with Crippen LogP contribution >= 0.6 is 23.1 Å². The summed E-state index contributed by atoms with van der Waals surface area (Å²) in [5, 5.41) is 4.70. The van der Waals surface area contributed by atoms with E-state index in [1.165, 1.54) is 41.3 Å². The zero-order valence-electron chi connectivity index (χ0n) is 10.8. The summed E-state index contributed by atoms with van der Waals surface area (Å²) in [5.74, 6) is -0.769. The number of carbonyl (C=O) groups is 2. The molecule has 1 heterocycles. The molecule has 0 atom stereocenters. The largest absolute Gasteiger partial charge is 0.369 e. The molecule has 1 aromatic heterocycles. The van der Waals surface area contributed by atoms with E-state index in [1.54, 1.807) is 11.4 Å². The van der Waals surface area contributed by atoms with Crippen LogP contribution in [0.1, 0.15) is 16.1 Å². The minimum absolute atomic E-state index is 0.0302. The molecule has 8 heteroatoms. The summed E-state index contributed by atoms with van der Waals surface area (Å²) in [6.07, 6.45) is 0. The number of primary amides is 1. The van der Waals surface area contributed by atoms with E-state index in [2.05, 4.69) is 10.3 Å². The Balaban J connectivity index is 1.95. The van der Waals surface area contributed by atoms with Crippen LogP contribution in [0.5, 0.6) is 0 Å². The Bertz CT molecular complexity index is 660. The number of aromatic nitrogens is 1. The van der Waals surface area contributed by atoms with Crippen LogP contribution in [-0.2, 0) is 10.5 Å². The van der Waals surface area contributed by atoms with Gasteiger partial charge in [0.1, 0.15) is 5.82 Å². The summed E-state index contributed by atoms with van der Waals surface area (Å²) in [6, 6.07) is 5.74. The van der Waals surface area contributed by atoms with E-state index in [0.717, 1.165) is 5.69 Å². The molecule has 0 aliphatic rings. The molecule has 2 amide bonds. The minimum atomic E-state index is -0.580. The Kier molecular flexibility index (Phi) is 5.29. The number of rotatable bonds is 6. The number of carbonyl (C=O) groups excluding carboxylic acids is 2. The molecule has 0 saturated heterocycles. The third-order valence-electron chi connectivity index (χ3n) is 2.38. The van der Waals surface area contributed by atoms with E-state index in [4.69, 9.17) is 5.73 Å². The van der Waals surface area contributed by atoms with Crippen molar-refractivity contribution in [3.05, 3.63) is 46.7 Å². The molecular formula is C13H12FN3O2S2. The molecule has 0 spiro atoms. The van der Waals surface area contributed by atoms with Crippen LogP contribution in [-0.4, -0.2) is 22.6 Å². The van der Waals surface area contributed by atoms with E-state index < -0.39 is 11.7 Å². The van der Waals surface area contributed by atoms with Gasteiger partial charge in [0.05, 0.1) is 17.0 Å². The van der Waals surface area contributed by atoms with Gasteiger partial charge in [0.25, 0.3) is 5.91 Å². The first-order valence-corrected chi connectivity index (χ1v) is 7.96. The van der Waals surface area contributed by atoms with Gasteiger partial charge in [-0.05, 0) is 12.1 Å². The number of nitrogens with one attached hydrogen (secondary N) is 1. The number of halogens is 1. The zero-order valence-corrected chi connectivity index (χ0v) is 12.5. The molecule has 0 bridgehead atoms. The van der Waals surface area contributed by atoms with E-state index in [-0.39, 0.29) is 17.2 Å². The third kappa shape index (κ3) is 4.54. The summed E-state index contributed by atoms with van der Waals surface area (Å²) in [5.41, 5.74) is 5.74. The summed E-state index contributed by atoms with van der Waals surface area (Å²) in [4.78, 5) is 26.7. The van der Waals surface area contributed by atoms with Gasteiger partial charge in [0.2, 0.25) is 5.91 Å². The van der Waals surface area contributed by atoms with Gasteiger partial charge in [-0.1, -0.05) is 12.1 Å². The number of nitrogens with zero attached hydrogens (tertiary/aromatic N) is 1. The Morgan fingerprint density at radius 1 is 1.38 bits per heavy atom. The second-order valence-corrected chi connectivity index (χ2v) is 5.88. The number of hydrogen-bond acceptors (Lipinski definition) is 5. The number of anilines is 1. The van der Waals surface area contributed by atoms with Crippen LogP contribution in [0.4, 0.5) is 9.52 Å². The standard InChI is InChI=1S/C13H12FN3O2S2/c14-10-4-2-1-3-9(10)12(19)17-13-16-8(6-21-13)5-20-7-11(15)18/h1-4,6H,5,7H2,(H2,15,18)(H,16,17,19). The van der Waals surface area contributed by atoms with Crippen LogP contribution in [0.3, 0.4) is 0 Å². The maximum atomic E-state index is 13.5. The lowest BCUT2D eigenvalue weighted by atomic mass is 10.2. The van der Waals surface area contributed by atoms with Crippen molar-refractivity contribution in [1.82, 2.24) is 4.98 Å². The zero-order chi connectivity index (χ0) is 15.2. The highest BCUT2D eigenvalue weighted by Crippen LogP contribution is 2.20. The van der Waals surface area contributed by atoms with Crippen molar-refractivity contribution in [2.75, 3.05) is 11.1 Å². The molecule has 0 unspecified atom stereocenters. The predicted molar refractivity (Wildman–Crippen MR) is 81.8 cm³/mol. The molecule has 0 saturated carbocycles. The van der Waals surface area contributed by atoms with Gasteiger partial charge in [-0.2, -0.15) is 0 Å². The molecule has 0 radical (unpaired) electrons. The molecule has 110 valence electrons. The van der Waals surface area contributed by atoms with Crippen molar-refractivity contribution in [3.63, 3.8) is 0 Å². The van der Waals surface area contributed by atoms with Gasteiger partial charge in [0, 0.05) is 11.1 Å². The first kappa shape index (κ1) is 15.5. The lowest BCUT2D eigenvalue weighted by Gasteiger charge is -2.02. The maximum Gasteiger partial charge on any atom is 0.260 e. The fraction of sp³-hybridized carbons (Fsp3) is 0.154. The first-order chi connectivity index (χ1) is 10.1. The summed E-state index contributed by atoms with van der Waals surface area (Å²) < 4.78 is 13.5. The number of nitrogens with two attached hydrogens (primary N) is 1. The second kappa shape index (κ2) is 7.19. The average molecular weight is 325 g/mol. The van der Waals surface area contributed by atoms with E-state index >= 15 is 0 Å². The van der Waals surface area contributed by atoms with Crippen LogP contribution in [0.2, 0.25) is 0 Å². The van der Waals surface area contributed by atoms with Crippen LogP contribution in [0, 0.1) is 5.82 Å². The highest BCUT2D eigenvalue weighted by atomic mass is 32.2. The lowest BCUT2D eigenvalue weighted by Crippen LogP contribution is -2.13. The normalized spacial score (nSPS) is 10.3. The molecule has 2 aromatic rings. The Morgan fingerprint density at radius 3 is 2.86 bits per heavy atom. The molecule has 0 aliphatic heterocycles. The highest BCUT2D eigenvalue weighted by Gasteiger charge is 2.12. The quantitative estimate of drug-likeness (QED) is 0.853. The molecule has 0 aliphatic carbocycles. The predicted octanol–water partition coefficient (Wildman–Crippen LogP) is 2.25. The van der Waals surface area contributed by atoms with Crippen molar-refractivity contribution in [3.8, 4) is 0 Å². The molecule has 3 N–H and O–H groups in total. The molecule has 21 heavy (non-hydrogen) atoms. The molecule has 5 nitrogen and oxygen atoms in total. The second-order valence-electron chi connectivity index (χ2n) is 4.04. The number of benzene rings is 1. The number of hydrogen-bond donors (Lipinski definition) is 2. The highest BCUT2D eigenvalue weighted by molar-refractivity contribution is 7.99. The van der Waals surface area contributed by atoms with Gasteiger partial charge in [-0.3, -0.25) is 14.9 Å². The number of amides is 2. The van der Waals surface area contributed by atoms with Gasteiger partial charge < -0.3 is 5.73 Å². The molecule has 1 aromatic carbocycles. The minimum Gasteiger partial charge on any atom is -0.369 e. The van der Waals surface area contributed by atoms with Gasteiger partial charge in [-0.25, -0.2) is 9.37 Å². The fourth-order valence-corrected chi connectivity index (χ4v) is 2.97. The van der Waals surface area contributed by atoms with E-state index in [9.17, 15) is 14.0 Å². The summed E-state index contributed by atoms with van der Waals surface area (Å²) >= 11 is 2.58. The smallest absolute Gasteiger partial charge is 0.260 e. The Labute approximate surface area is 128 Å². The third-order valence-corrected chi connectivity index (χ3v) is 4.18. The van der Waals surface area contributed by atoms with Gasteiger partial charge >= 0.3 is 0 Å². The monoisotopic (exact) mass is 325 g/mol. The van der Waals surface area contributed by atoms with Crippen molar-refractivity contribution >= 4 is 40.0 Å². The average Bonchev–Trinajstić information content (AvgIpc) is 2.86. The first-order valence-electron chi connectivity index (χ1n) is 5.92. The van der Waals surface area contributed by atoms with Gasteiger partial charge in [0.15, 0.2) is 5.13 Å². The fourth-order valence-electron chi connectivity index (χ4n) is 1.50. The topological polar surface area (TPSA) is 85.1 Å². The SMILES string of the molecule is NC(=O)CSCc1csc(NC(=O)c2ccccc2F)n1. The van der Waals surface area contributed by atoms with Crippen LogP contribution in [0.25, 0.3) is 0 Å². The van der Waals surface area contributed by atoms with Crippen molar-refractivity contribution < 1.29 is 14.0 Å². The van der Waals surface area contributed by atoms with E-state index in [1.807, 2.05) is 0 Å². The van der Waals surface area contributed by atoms with Crippen LogP contribution < -0.4 is 11.1 Å².